The van der Waals surface area contributed by atoms with Gasteiger partial charge in [-0.1, -0.05) is 27.7 Å². The largest absolute Gasteiger partial charge is 0.416 e. The topological polar surface area (TPSA) is 37.0 Å². The molecule has 120 valence electrons. The Kier molecular flexibility index (Phi) is 6.30. The number of nitrogens with one attached hydrogen (secondary N) is 2. The molecule has 0 spiro atoms. The number of hydrogen-bond acceptors (Lipinski definition) is 3. The number of halogens is 3. The molecule has 6 heteroatoms. The maximum atomic E-state index is 12.9. The molecule has 0 bridgehead atoms. The first-order valence-electron chi connectivity index (χ1n) is 7.31. The zero-order valence-corrected chi connectivity index (χ0v) is 13.0. The number of hydrogen-bond donors (Lipinski definition) is 2. The zero-order chi connectivity index (χ0) is 16.0. The number of nitrogens with zero attached hydrogens (tertiary/aromatic N) is 1. The third kappa shape index (κ3) is 5.81. The van der Waals surface area contributed by atoms with Crippen LogP contribution in [0.4, 0.5) is 24.8 Å². The van der Waals surface area contributed by atoms with E-state index in [1.165, 1.54) is 0 Å². The molecule has 0 saturated carbocycles. The lowest BCUT2D eigenvalue weighted by Crippen LogP contribution is -2.18. The average molecular weight is 303 g/mol. The molecule has 1 heterocycles. The van der Waals surface area contributed by atoms with Crippen LogP contribution in [0.25, 0.3) is 0 Å². The van der Waals surface area contributed by atoms with Gasteiger partial charge in [-0.2, -0.15) is 13.2 Å². The minimum Gasteiger partial charge on any atom is -0.370 e. The van der Waals surface area contributed by atoms with Gasteiger partial charge < -0.3 is 10.6 Å². The van der Waals surface area contributed by atoms with Gasteiger partial charge in [0.15, 0.2) is 0 Å². The quantitative estimate of drug-likeness (QED) is 0.771. The van der Waals surface area contributed by atoms with Gasteiger partial charge in [0.1, 0.15) is 11.6 Å². The third-order valence-electron chi connectivity index (χ3n) is 3.45. The summed E-state index contributed by atoms with van der Waals surface area (Å²) in [5.41, 5.74) is -0.684. The second-order valence-corrected chi connectivity index (χ2v) is 5.65. The minimum atomic E-state index is -4.37. The standard InChI is InChI=1S/C15H24F3N3/c1-5-6-19-13-7-12(15(16,17)18)8-14(21-13)20-9-11(4)10(2)3/h7-8,10-11H,5-6,9H2,1-4H3,(H2,19,20,21). The number of aromatic nitrogens is 1. The van der Waals surface area contributed by atoms with E-state index in [2.05, 4.69) is 36.4 Å². The van der Waals surface area contributed by atoms with E-state index in [4.69, 9.17) is 0 Å². The summed E-state index contributed by atoms with van der Waals surface area (Å²) in [6.45, 7) is 9.36. The molecule has 0 radical (unpaired) electrons. The van der Waals surface area contributed by atoms with Crippen molar-refractivity contribution in [3.05, 3.63) is 17.7 Å². The van der Waals surface area contributed by atoms with E-state index in [1.54, 1.807) is 0 Å². The molecule has 0 aromatic carbocycles. The highest BCUT2D eigenvalue weighted by Gasteiger charge is 2.31. The molecule has 0 fully saturated rings. The van der Waals surface area contributed by atoms with Crippen LogP contribution in [0.1, 0.15) is 39.7 Å². The Morgan fingerprint density at radius 3 is 2.14 bits per heavy atom. The lowest BCUT2D eigenvalue weighted by atomic mass is 9.98. The Labute approximate surface area is 124 Å². The highest BCUT2D eigenvalue weighted by molar-refractivity contribution is 5.49. The highest BCUT2D eigenvalue weighted by atomic mass is 19.4. The van der Waals surface area contributed by atoms with Crippen LogP contribution >= 0.6 is 0 Å². The van der Waals surface area contributed by atoms with Crippen molar-refractivity contribution in [2.75, 3.05) is 23.7 Å². The summed E-state index contributed by atoms with van der Waals surface area (Å²) in [5, 5.41) is 5.91. The fourth-order valence-electron chi connectivity index (χ4n) is 1.63. The molecular weight excluding hydrogens is 279 g/mol. The summed E-state index contributed by atoms with van der Waals surface area (Å²) in [7, 11) is 0. The lowest BCUT2D eigenvalue weighted by Gasteiger charge is -2.18. The first-order chi connectivity index (χ1) is 9.74. The maximum Gasteiger partial charge on any atom is 0.416 e. The van der Waals surface area contributed by atoms with Gasteiger partial charge in [0.2, 0.25) is 0 Å². The lowest BCUT2D eigenvalue weighted by molar-refractivity contribution is -0.137. The predicted molar refractivity (Wildman–Crippen MR) is 80.5 cm³/mol. The molecular formula is C15H24F3N3. The van der Waals surface area contributed by atoms with E-state index in [1.807, 2.05) is 6.92 Å². The Bertz CT molecular complexity index is 444. The molecule has 1 aromatic rings. The van der Waals surface area contributed by atoms with E-state index in [-0.39, 0.29) is 11.6 Å². The molecule has 1 atom stereocenters. The summed E-state index contributed by atoms with van der Waals surface area (Å²) in [6, 6.07) is 2.11. The van der Waals surface area contributed by atoms with Crippen LogP contribution in [0.3, 0.4) is 0 Å². The van der Waals surface area contributed by atoms with Crippen molar-refractivity contribution < 1.29 is 13.2 Å². The summed E-state index contributed by atoms with van der Waals surface area (Å²) in [4.78, 5) is 4.19. The van der Waals surface area contributed by atoms with Gasteiger partial charge in [0.05, 0.1) is 5.56 Å². The molecule has 0 aliphatic heterocycles. The Hall–Kier alpha value is -1.46. The van der Waals surface area contributed by atoms with Crippen molar-refractivity contribution in [2.24, 2.45) is 11.8 Å². The van der Waals surface area contributed by atoms with Gasteiger partial charge in [0, 0.05) is 13.1 Å². The van der Waals surface area contributed by atoms with Gasteiger partial charge in [-0.3, -0.25) is 0 Å². The summed E-state index contributed by atoms with van der Waals surface area (Å²) < 4.78 is 38.7. The molecule has 21 heavy (non-hydrogen) atoms. The third-order valence-corrected chi connectivity index (χ3v) is 3.45. The van der Waals surface area contributed by atoms with E-state index >= 15 is 0 Å². The number of anilines is 2. The summed E-state index contributed by atoms with van der Waals surface area (Å²) in [6.07, 6.45) is -3.54. The van der Waals surface area contributed by atoms with Crippen LogP contribution in [0.5, 0.6) is 0 Å². The van der Waals surface area contributed by atoms with E-state index in [0.717, 1.165) is 18.6 Å². The van der Waals surface area contributed by atoms with Crippen molar-refractivity contribution in [3.63, 3.8) is 0 Å². The van der Waals surface area contributed by atoms with Crippen molar-refractivity contribution in [1.82, 2.24) is 4.98 Å². The maximum absolute atomic E-state index is 12.9. The molecule has 1 rings (SSSR count). The summed E-state index contributed by atoms with van der Waals surface area (Å²) in [5.74, 6) is 1.33. The Balaban J connectivity index is 2.91. The van der Waals surface area contributed by atoms with E-state index < -0.39 is 11.7 Å². The fraction of sp³-hybridized carbons (Fsp3) is 0.667. The molecule has 1 unspecified atom stereocenters. The first kappa shape index (κ1) is 17.6. The van der Waals surface area contributed by atoms with Crippen molar-refractivity contribution in [3.8, 4) is 0 Å². The molecule has 0 amide bonds. The second-order valence-electron chi connectivity index (χ2n) is 5.65. The van der Waals surface area contributed by atoms with Crippen LogP contribution < -0.4 is 10.6 Å². The van der Waals surface area contributed by atoms with Gasteiger partial charge in [-0.25, -0.2) is 4.98 Å². The van der Waals surface area contributed by atoms with Crippen LogP contribution in [0.15, 0.2) is 12.1 Å². The van der Waals surface area contributed by atoms with Crippen molar-refractivity contribution in [2.45, 2.75) is 40.3 Å². The normalized spacial score (nSPS) is 13.3. The molecule has 0 aliphatic rings. The fourth-order valence-corrected chi connectivity index (χ4v) is 1.63. The Morgan fingerprint density at radius 2 is 1.67 bits per heavy atom. The highest BCUT2D eigenvalue weighted by Crippen LogP contribution is 2.32. The predicted octanol–water partition coefficient (Wildman–Crippen LogP) is 4.63. The molecule has 1 aromatic heterocycles. The number of rotatable bonds is 7. The number of alkyl halides is 3. The van der Waals surface area contributed by atoms with Crippen molar-refractivity contribution >= 4 is 11.6 Å². The smallest absolute Gasteiger partial charge is 0.370 e. The van der Waals surface area contributed by atoms with Crippen LogP contribution in [-0.4, -0.2) is 18.1 Å². The number of pyridine rings is 1. The van der Waals surface area contributed by atoms with Gasteiger partial charge >= 0.3 is 6.18 Å². The first-order valence-corrected chi connectivity index (χ1v) is 7.31. The molecule has 0 saturated heterocycles. The minimum absolute atomic E-state index is 0.256. The van der Waals surface area contributed by atoms with E-state index in [0.29, 0.717) is 24.9 Å². The average Bonchev–Trinajstić information content (AvgIpc) is 2.41. The Morgan fingerprint density at radius 1 is 1.10 bits per heavy atom. The van der Waals surface area contributed by atoms with Gasteiger partial charge in [-0.15, -0.1) is 0 Å². The van der Waals surface area contributed by atoms with E-state index in [9.17, 15) is 13.2 Å². The molecule has 2 N–H and O–H groups in total. The van der Waals surface area contributed by atoms with Gasteiger partial charge in [0.25, 0.3) is 0 Å². The SMILES string of the molecule is CCCNc1cc(C(F)(F)F)cc(NCC(C)C(C)C)n1. The molecule has 3 nitrogen and oxygen atoms in total. The summed E-state index contributed by atoms with van der Waals surface area (Å²) >= 11 is 0. The van der Waals surface area contributed by atoms with Crippen molar-refractivity contribution in [1.29, 1.82) is 0 Å². The monoisotopic (exact) mass is 303 g/mol. The zero-order valence-electron chi connectivity index (χ0n) is 13.0. The second kappa shape index (κ2) is 7.52. The van der Waals surface area contributed by atoms with Gasteiger partial charge in [-0.05, 0) is 30.4 Å². The van der Waals surface area contributed by atoms with Crippen LogP contribution in [0, 0.1) is 11.8 Å². The molecule has 0 aliphatic carbocycles. The van der Waals surface area contributed by atoms with Crippen LogP contribution in [-0.2, 0) is 6.18 Å². The van der Waals surface area contributed by atoms with Crippen LogP contribution in [0.2, 0.25) is 0 Å².